The number of hydrogen-bond acceptors (Lipinski definition) is 3. The van der Waals surface area contributed by atoms with Crippen LogP contribution in [0.1, 0.15) is 5.56 Å². The maximum absolute atomic E-state index is 13.6. The van der Waals surface area contributed by atoms with E-state index in [1.54, 1.807) is 4.90 Å². The summed E-state index contributed by atoms with van der Waals surface area (Å²) in [5, 5.41) is 1.38. The summed E-state index contributed by atoms with van der Waals surface area (Å²) in [5.74, 6) is 3.00. The number of amides is 1. The first-order valence-electron chi connectivity index (χ1n) is 12.6. The van der Waals surface area contributed by atoms with Crippen LogP contribution in [0.4, 0.5) is 5.69 Å². The van der Waals surface area contributed by atoms with Crippen LogP contribution >= 0.6 is 18.9 Å². The van der Waals surface area contributed by atoms with Crippen molar-refractivity contribution >= 4 is 41.6 Å². The maximum atomic E-state index is 13.6. The number of carbonyl (C=O) groups excluding carboxylic acids is 1. The van der Waals surface area contributed by atoms with E-state index < -0.39 is 7.34 Å². The van der Waals surface area contributed by atoms with Crippen LogP contribution in [0.15, 0.2) is 145 Å². The lowest BCUT2D eigenvalue weighted by atomic mass is 9.97. The standard InChI is InChI=1S/C33H25ClNO3P/c34-27-14-11-12-25(22-27)24-39(37-28-15-3-1-4-16-28,38-29-17-5-2-6-18-29)32-21-10-9-20-31(32)35-23-26-13-7-8-19-30(26)33(35)36/h1-24,30H. The fourth-order valence-corrected chi connectivity index (χ4v) is 7.58. The quantitative estimate of drug-likeness (QED) is 0.221. The second-order valence-electron chi connectivity index (χ2n) is 9.14. The van der Waals surface area contributed by atoms with Gasteiger partial charge in [-0.1, -0.05) is 96.6 Å². The molecule has 0 saturated heterocycles. The van der Waals surface area contributed by atoms with E-state index in [0.29, 0.717) is 22.2 Å². The van der Waals surface area contributed by atoms with Gasteiger partial charge in [0.25, 0.3) is 7.34 Å². The Morgan fingerprint density at radius 2 is 1.44 bits per heavy atom. The summed E-state index contributed by atoms with van der Waals surface area (Å²) >= 11 is 6.40. The van der Waals surface area contributed by atoms with Gasteiger partial charge in [-0.15, -0.1) is 0 Å². The molecule has 4 nitrogen and oxygen atoms in total. The predicted octanol–water partition coefficient (Wildman–Crippen LogP) is 7.79. The topological polar surface area (TPSA) is 38.8 Å². The average molecular weight is 550 g/mol. The molecule has 1 aliphatic carbocycles. The zero-order valence-corrected chi connectivity index (χ0v) is 22.6. The highest BCUT2D eigenvalue weighted by molar-refractivity contribution is 7.74. The Labute approximate surface area is 233 Å². The van der Waals surface area contributed by atoms with E-state index in [1.807, 2.05) is 145 Å². The zero-order valence-electron chi connectivity index (χ0n) is 20.9. The van der Waals surface area contributed by atoms with Gasteiger partial charge in [0.2, 0.25) is 5.91 Å². The number of hydrogen-bond donors (Lipinski definition) is 0. The molecular formula is C33H25ClNO3P. The third-order valence-corrected chi connectivity index (χ3v) is 9.34. The minimum absolute atomic E-state index is 0.0154. The van der Waals surface area contributed by atoms with Gasteiger partial charge in [-0.05, 0) is 59.7 Å². The number of rotatable bonds is 7. The molecule has 1 heterocycles. The van der Waals surface area contributed by atoms with E-state index in [4.69, 9.17) is 20.6 Å². The van der Waals surface area contributed by atoms with Crippen molar-refractivity contribution in [3.05, 3.63) is 156 Å². The Hall–Kier alpha value is -4.24. The molecule has 1 atom stereocenters. The van der Waals surface area contributed by atoms with Gasteiger partial charge in [-0.3, -0.25) is 9.69 Å². The monoisotopic (exact) mass is 549 g/mol. The van der Waals surface area contributed by atoms with Crippen molar-refractivity contribution in [2.75, 3.05) is 4.90 Å². The third kappa shape index (κ3) is 5.22. The molecular weight excluding hydrogens is 525 g/mol. The molecule has 6 heteroatoms. The number of para-hydroxylation sites is 3. The number of anilines is 1. The minimum Gasteiger partial charge on any atom is -0.440 e. The molecule has 4 aromatic rings. The number of nitrogens with zero attached hydrogens (tertiary/aromatic N) is 1. The molecule has 1 aliphatic heterocycles. The van der Waals surface area contributed by atoms with Gasteiger partial charge < -0.3 is 9.05 Å². The second kappa shape index (κ2) is 10.9. The first-order chi connectivity index (χ1) is 19.1. The van der Waals surface area contributed by atoms with Gasteiger partial charge in [-0.2, -0.15) is 0 Å². The molecule has 0 saturated carbocycles. The molecule has 192 valence electrons. The Morgan fingerprint density at radius 3 is 2.10 bits per heavy atom. The summed E-state index contributed by atoms with van der Waals surface area (Å²) in [6, 6.07) is 34.6. The fourth-order valence-electron chi connectivity index (χ4n) is 4.69. The van der Waals surface area contributed by atoms with Gasteiger partial charge in [0, 0.05) is 17.0 Å². The first-order valence-corrected chi connectivity index (χ1v) is 14.7. The fraction of sp³-hybridized carbons (Fsp3) is 0.0303. The molecule has 1 unspecified atom stereocenters. The zero-order chi connectivity index (χ0) is 26.7. The van der Waals surface area contributed by atoms with Gasteiger partial charge in [0.15, 0.2) is 0 Å². The van der Waals surface area contributed by atoms with Crippen LogP contribution in [0.2, 0.25) is 5.02 Å². The van der Waals surface area contributed by atoms with Gasteiger partial charge >= 0.3 is 0 Å². The lowest BCUT2D eigenvalue weighted by molar-refractivity contribution is -0.118. The Balaban J connectivity index is 1.60. The van der Waals surface area contributed by atoms with Crippen LogP contribution in [-0.2, 0) is 4.79 Å². The van der Waals surface area contributed by atoms with E-state index in [-0.39, 0.29) is 11.8 Å². The van der Waals surface area contributed by atoms with Gasteiger partial charge in [0.1, 0.15) is 11.5 Å². The summed E-state index contributed by atoms with van der Waals surface area (Å²) < 4.78 is 13.8. The van der Waals surface area contributed by atoms with Crippen molar-refractivity contribution in [2.24, 2.45) is 5.92 Å². The van der Waals surface area contributed by atoms with E-state index in [1.165, 1.54) is 0 Å². The molecule has 6 rings (SSSR count). The highest BCUT2D eigenvalue weighted by Gasteiger charge is 2.37. The lowest BCUT2D eigenvalue weighted by Crippen LogP contribution is -2.31. The predicted molar refractivity (Wildman–Crippen MR) is 161 cm³/mol. The summed E-state index contributed by atoms with van der Waals surface area (Å²) in [7, 11) is -3.13. The smallest absolute Gasteiger partial charge is 0.255 e. The first kappa shape index (κ1) is 25.1. The van der Waals surface area contributed by atoms with Crippen LogP contribution in [-0.4, -0.2) is 11.7 Å². The molecule has 0 fully saturated rings. The van der Waals surface area contributed by atoms with Gasteiger partial charge in [-0.25, -0.2) is 0 Å². The minimum atomic E-state index is -3.13. The van der Waals surface area contributed by atoms with Gasteiger partial charge in [0.05, 0.1) is 16.9 Å². The van der Waals surface area contributed by atoms with Crippen molar-refractivity contribution in [3.63, 3.8) is 0 Å². The molecule has 0 bridgehead atoms. The molecule has 2 aliphatic rings. The number of halogens is 1. The molecule has 39 heavy (non-hydrogen) atoms. The maximum Gasteiger partial charge on any atom is 0.255 e. The highest BCUT2D eigenvalue weighted by atomic mass is 35.5. The number of fused-ring (bicyclic) bond motifs is 1. The largest absolute Gasteiger partial charge is 0.440 e. The van der Waals surface area contributed by atoms with Crippen LogP contribution in [0.25, 0.3) is 0 Å². The molecule has 1 amide bonds. The van der Waals surface area contributed by atoms with Crippen molar-refractivity contribution in [1.82, 2.24) is 0 Å². The van der Waals surface area contributed by atoms with Crippen molar-refractivity contribution in [3.8, 4) is 11.5 Å². The van der Waals surface area contributed by atoms with Crippen LogP contribution in [0.5, 0.6) is 11.5 Å². The highest BCUT2D eigenvalue weighted by Crippen LogP contribution is 2.52. The summed E-state index contributed by atoms with van der Waals surface area (Å²) in [5.41, 5.74) is 2.51. The van der Waals surface area contributed by atoms with E-state index in [9.17, 15) is 4.79 Å². The summed E-state index contributed by atoms with van der Waals surface area (Å²) in [6.45, 7) is 0. The van der Waals surface area contributed by atoms with Crippen molar-refractivity contribution in [1.29, 1.82) is 0 Å². The normalized spacial score (nSPS) is 16.0. The molecule has 0 radical (unpaired) electrons. The van der Waals surface area contributed by atoms with E-state index in [0.717, 1.165) is 16.4 Å². The number of carbonyl (C=O) groups is 1. The van der Waals surface area contributed by atoms with Crippen LogP contribution < -0.4 is 19.3 Å². The molecule has 0 spiro atoms. The van der Waals surface area contributed by atoms with Crippen LogP contribution in [0.3, 0.4) is 0 Å². The Bertz CT molecular complexity index is 1620. The molecule has 0 aromatic heterocycles. The van der Waals surface area contributed by atoms with Crippen molar-refractivity contribution in [2.45, 2.75) is 0 Å². The third-order valence-electron chi connectivity index (χ3n) is 6.46. The van der Waals surface area contributed by atoms with E-state index in [2.05, 4.69) is 0 Å². The SMILES string of the molecule is O=C1C2C=CC=CC2=CN1c1ccccc1P(=Cc1cccc(Cl)c1)(Oc1ccccc1)Oc1ccccc1. The van der Waals surface area contributed by atoms with E-state index >= 15 is 0 Å². The Kier molecular flexibility index (Phi) is 6.98. The molecule has 4 aromatic carbocycles. The lowest BCUT2D eigenvalue weighted by Gasteiger charge is -2.31. The molecule has 0 N–H and O–H groups in total. The summed E-state index contributed by atoms with van der Waals surface area (Å²) in [6.07, 6.45) is 9.68. The van der Waals surface area contributed by atoms with Crippen molar-refractivity contribution < 1.29 is 13.8 Å². The average Bonchev–Trinajstić information content (AvgIpc) is 3.30. The van der Waals surface area contributed by atoms with Crippen LogP contribution in [0, 0.1) is 5.92 Å². The second-order valence-corrected chi connectivity index (χ2v) is 11.9. The Morgan fingerprint density at radius 1 is 0.769 bits per heavy atom. The summed E-state index contributed by atoms with van der Waals surface area (Å²) in [4.78, 5) is 15.4. The number of benzene rings is 4. The number of allylic oxidation sites excluding steroid dienone is 3.